The number of nitrogens with zero attached hydrogens (tertiary/aromatic N) is 1. The van der Waals surface area contributed by atoms with Gasteiger partial charge in [0.2, 0.25) is 5.69 Å². The van der Waals surface area contributed by atoms with Gasteiger partial charge in [-0.15, -0.1) is 0 Å². The van der Waals surface area contributed by atoms with E-state index in [9.17, 15) is 4.39 Å². The van der Waals surface area contributed by atoms with E-state index >= 15 is 0 Å². The molecule has 0 unspecified atom stereocenters. The van der Waals surface area contributed by atoms with Crippen molar-refractivity contribution in [2.75, 3.05) is 0 Å². The fraction of sp³-hybridized carbons (Fsp3) is 0.125. The molecule has 1 aromatic carbocycles. The average Bonchev–Trinajstić information content (AvgIpc) is 2.05. The lowest BCUT2D eigenvalue weighted by atomic mass is 10.2. The van der Waals surface area contributed by atoms with Crippen molar-refractivity contribution in [1.29, 1.82) is 0 Å². The van der Waals surface area contributed by atoms with Gasteiger partial charge in [0.1, 0.15) is 5.82 Å². The number of hydrogen-bond donors (Lipinski definition) is 0. The first-order valence-corrected chi connectivity index (χ1v) is 4.12. The van der Waals surface area contributed by atoms with E-state index < -0.39 is 5.82 Å². The smallest absolute Gasteiger partial charge is 0.222 e. The van der Waals surface area contributed by atoms with Gasteiger partial charge in [-0.2, -0.15) is 0 Å². The van der Waals surface area contributed by atoms with Gasteiger partial charge in [0.15, 0.2) is 0 Å². The lowest BCUT2D eigenvalue weighted by Gasteiger charge is -1.96. The first-order chi connectivity index (χ1) is 5.27. The second-order valence-electron chi connectivity index (χ2n) is 2.03. The Hall–Kier alpha value is -0.880. The molecule has 3 heteroatoms. The summed E-state index contributed by atoms with van der Waals surface area (Å²) in [6, 6.07) is 4.50. The number of halogens is 2. The Bertz CT molecular complexity index is 303. The molecule has 0 aliphatic rings. The van der Waals surface area contributed by atoms with Gasteiger partial charge in [-0.05, 0) is 17.7 Å². The van der Waals surface area contributed by atoms with Gasteiger partial charge >= 0.3 is 0 Å². The SMILES string of the molecule is [C-]#[N+]c1cc(CBr)ccc1F. The van der Waals surface area contributed by atoms with E-state index in [1.54, 1.807) is 6.07 Å². The van der Waals surface area contributed by atoms with Crippen LogP contribution in [0.3, 0.4) is 0 Å². The molecular formula is C8H5BrFN. The lowest BCUT2D eigenvalue weighted by molar-refractivity contribution is 0.633. The molecule has 0 aromatic heterocycles. The molecular weight excluding hydrogens is 209 g/mol. The summed E-state index contributed by atoms with van der Waals surface area (Å²) in [5.41, 5.74) is 0.999. The zero-order valence-electron chi connectivity index (χ0n) is 5.64. The molecule has 0 aliphatic carbocycles. The highest BCUT2D eigenvalue weighted by Gasteiger charge is 2.00. The van der Waals surface area contributed by atoms with Crippen LogP contribution < -0.4 is 0 Å². The summed E-state index contributed by atoms with van der Waals surface area (Å²) in [5.74, 6) is -0.454. The van der Waals surface area contributed by atoms with Gasteiger partial charge in [0.25, 0.3) is 0 Å². The molecule has 11 heavy (non-hydrogen) atoms. The number of benzene rings is 1. The first-order valence-electron chi connectivity index (χ1n) is 3.00. The summed E-state index contributed by atoms with van der Waals surface area (Å²) >= 11 is 3.22. The van der Waals surface area contributed by atoms with Crippen LogP contribution >= 0.6 is 15.9 Å². The summed E-state index contributed by atoms with van der Waals surface area (Å²) in [6.07, 6.45) is 0. The highest BCUT2D eigenvalue weighted by atomic mass is 79.9. The number of hydrogen-bond acceptors (Lipinski definition) is 0. The van der Waals surface area contributed by atoms with Crippen molar-refractivity contribution in [3.05, 3.63) is 41.0 Å². The van der Waals surface area contributed by atoms with Crippen LogP contribution in [-0.2, 0) is 5.33 Å². The highest BCUT2D eigenvalue weighted by Crippen LogP contribution is 2.20. The monoisotopic (exact) mass is 213 g/mol. The first kappa shape index (κ1) is 8.22. The molecule has 0 atom stereocenters. The Morgan fingerprint density at radius 1 is 1.55 bits per heavy atom. The number of alkyl halides is 1. The second-order valence-corrected chi connectivity index (χ2v) is 2.59. The van der Waals surface area contributed by atoms with Gasteiger partial charge in [-0.1, -0.05) is 22.0 Å². The van der Waals surface area contributed by atoms with Crippen molar-refractivity contribution in [3.8, 4) is 0 Å². The fourth-order valence-corrected chi connectivity index (χ4v) is 1.08. The summed E-state index contributed by atoms with van der Waals surface area (Å²) in [6.45, 7) is 6.63. The molecule has 1 rings (SSSR count). The van der Waals surface area contributed by atoms with Crippen molar-refractivity contribution in [2.24, 2.45) is 0 Å². The molecule has 0 aliphatic heterocycles. The summed E-state index contributed by atoms with van der Waals surface area (Å²) in [4.78, 5) is 3.03. The Morgan fingerprint density at radius 3 is 2.82 bits per heavy atom. The maximum absolute atomic E-state index is 12.7. The Balaban J connectivity index is 3.15. The fourth-order valence-electron chi connectivity index (χ4n) is 0.727. The predicted octanol–water partition coefficient (Wildman–Crippen LogP) is 3.27. The maximum atomic E-state index is 12.7. The Kier molecular flexibility index (Phi) is 2.61. The highest BCUT2D eigenvalue weighted by molar-refractivity contribution is 9.08. The minimum atomic E-state index is -0.454. The van der Waals surface area contributed by atoms with Crippen LogP contribution in [0.4, 0.5) is 10.1 Å². The van der Waals surface area contributed by atoms with Crippen LogP contribution in [0, 0.1) is 12.4 Å². The van der Waals surface area contributed by atoms with Gasteiger partial charge in [0.05, 0.1) is 6.57 Å². The molecule has 0 fully saturated rings. The third kappa shape index (κ3) is 1.78. The van der Waals surface area contributed by atoms with E-state index in [0.717, 1.165) is 5.56 Å². The zero-order valence-corrected chi connectivity index (χ0v) is 7.23. The van der Waals surface area contributed by atoms with Crippen LogP contribution in [0.25, 0.3) is 4.85 Å². The molecule has 1 aromatic rings. The van der Waals surface area contributed by atoms with Gasteiger partial charge < -0.3 is 0 Å². The molecule has 0 N–H and O–H groups in total. The van der Waals surface area contributed by atoms with E-state index in [0.29, 0.717) is 5.33 Å². The van der Waals surface area contributed by atoms with Crippen molar-refractivity contribution in [1.82, 2.24) is 0 Å². The molecule has 56 valence electrons. The molecule has 0 amide bonds. The van der Waals surface area contributed by atoms with Crippen LogP contribution in [0.15, 0.2) is 18.2 Å². The van der Waals surface area contributed by atoms with Crippen LogP contribution in [-0.4, -0.2) is 0 Å². The molecule has 0 radical (unpaired) electrons. The molecule has 0 bridgehead atoms. The predicted molar refractivity (Wildman–Crippen MR) is 45.3 cm³/mol. The lowest BCUT2D eigenvalue weighted by Crippen LogP contribution is -1.78. The number of rotatable bonds is 1. The quantitative estimate of drug-likeness (QED) is 0.499. The molecule has 0 spiro atoms. The second kappa shape index (κ2) is 3.49. The maximum Gasteiger partial charge on any atom is 0.222 e. The standard InChI is InChI=1S/C8H5BrFN/c1-11-8-4-6(5-9)2-3-7(8)10/h2-4H,5H2. The van der Waals surface area contributed by atoms with E-state index in [4.69, 9.17) is 6.57 Å². The van der Waals surface area contributed by atoms with Crippen molar-refractivity contribution < 1.29 is 4.39 Å². The minimum Gasteiger partial charge on any atom is -0.235 e. The van der Waals surface area contributed by atoms with Gasteiger partial charge in [-0.3, -0.25) is 0 Å². The molecule has 0 heterocycles. The summed E-state index contributed by atoms with van der Waals surface area (Å²) in [7, 11) is 0. The van der Waals surface area contributed by atoms with E-state index in [1.807, 2.05) is 0 Å². The van der Waals surface area contributed by atoms with Gasteiger partial charge in [0, 0.05) is 5.33 Å². The largest absolute Gasteiger partial charge is 0.235 e. The Morgan fingerprint density at radius 2 is 2.27 bits per heavy atom. The van der Waals surface area contributed by atoms with Crippen molar-refractivity contribution in [3.63, 3.8) is 0 Å². The summed E-state index contributed by atoms with van der Waals surface area (Å²) < 4.78 is 12.7. The van der Waals surface area contributed by atoms with Crippen molar-refractivity contribution >= 4 is 21.6 Å². The van der Waals surface area contributed by atoms with Crippen LogP contribution in [0.5, 0.6) is 0 Å². The average molecular weight is 214 g/mol. The molecule has 0 saturated heterocycles. The van der Waals surface area contributed by atoms with Crippen LogP contribution in [0.1, 0.15) is 5.56 Å². The molecule has 0 saturated carbocycles. The zero-order chi connectivity index (χ0) is 8.27. The third-order valence-corrected chi connectivity index (χ3v) is 1.93. The van der Waals surface area contributed by atoms with Crippen molar-refractivity contribution in [2.45, 2.75) is 5.33 Å². The molecule has 1 nitrogen and oxygen atoms in total. The normalized spacial score (nSPS) is 9.18. The van der Waals surface area contributed by atoms with Crippen LogP contribution in [0.2, 0.25) is 0 Å². The third-order valence-electron chi connectivity index (χ3n) is 1.29. The minimum absolute atomic E-state index is 0.0851. The Labute approximate surface area is 72.8 Å². The topological polar surface area (TPSA) is 4.36 Å². The van der Waals surface area contributed by atoms with Gasteiger partial charge in [-0.25, -0.2) is 9.24 Å². The van der Waals surface area contributed by atoms with E-state index in [2.05, 4.69) is 20.8 Å². The summed E-state index contributed by atoms with van der Waals surface area (Å²) in [5, 5.41) is 0.649. The van der Waals surface area contributed by atoms with E-state index in [-0.39, 0.29) is 5.69 Å². The van der Waals surface area contributed by atoms with E-state index in [1.165, 1.54) is 12.1 Å².